The number of halogens is 2. The van der Waals surface area contributed by atoms with Crippen molar-refractivity contribution in [2.75, 3.05) is 0 Å². The van der Waals surface area contributed by atoms with Gasteiger partial charge in [0.1, 0.15) is 5.82 Å². The average Bonchev–Trinajstić information content (AvgIpc) is 2.73. The summed E-state index contributed by atoms with van der Waals surface area (Å²) in [6.45, 7) is 2.03. The van der Waals surface area contributed by atoms with Crippen molar-refractivity contribution in [2.24, 2.45) is 0 Å². The summed E-state index contributed by atoms with van der Waals surface area (Å²) in [4.78, 5) is 3.11. The highest BCUT2D eigenvalue weighted by Crippen LogP contribution is 2.29. The minimum Gasteiger partial charge on any atom is -0.352 e. The molecule has 2 aromatic carbocycles. The normalized spacial score (nSPS) is 11.1. The van der Waals surface area contributed by atoms with Crippen LogP contribution in [0.3, 0.4) is 0 Å². The molecule has 0 spiro atoms. The van der Waals surface area contributed by atoms with Gasteiger partial charge in [-0.05, 0) is 30.7 Å². The molecule has 1 heterocycles. The Hall–Kier alpha value is -1.80. The molecule has 0 amide bonds. The fraction of sp³-hybridized carbons (Fsp3) is 0.0667. The van der Waals surface area contributed by atoms with Gasteiger partial charge in [-0.15, -0.1) is 0 Å². The van der Waals surface area contributed by atoms with Gasteiger partial charge in [-0.3, -0.25) is 0 Å². The number of hydrogen-bond acceptors (Lipinski definition) is 0. The van der Waals surface area contributed by atoms with Gasteiger partial charge in [0.2, 0.25) is 0 Å². The summed E-state index contributed by atoms with van der Waals surface area (Å²) in [5, 5.41) is 1.20. The standard InChI is InChI=1S/C15H11ClFN/c1-9-4-2-3-5-12(9)14-7-10-6-11(16)8-13(17)15(10)18-14/h2-8,18H,1H3. The molecule has 0 saturated carbocycles. The van der Waals surface area contributed by atoms with E-state index >= 15 is 0 Å². The first kappa shape index (κ1) is 11.3. The third kappa shape index (κ3) is 1.79. The first-order valence-corrected chi connectivity index (χ1v) is 6.07. The summed E-state index contributed by atoms with van der Waals surface area (Å²) in [6, 6.07) is 13.0. The van der Waals surface area contributed by atoms with Crippen molar-refractivity contribution >= 4 is 22.5 Å². The van der Waals surface area contributed by atoms with E-state index in [9.17, 15) is 4.39 Å². The maximum atomic E-state index is 13.8. The summed E-state index contributed by atoms with van der Waals surface area (Å²) in [6.07, 6.45) is 0. The lowest BCUT2D eigenvalue weighted by Gasteiger charge is -2.01. The average molecular weight is 260 g/mol. The van der Waals surface area contributed by atoms with Crippen LogP contribution in [0, 0.1) is 12.7 Å². The summed E-state index contributed by atoms with van der Waals surface area (Å²) in [7, 11) is 0. The third-order valence-corrected chi connectivity index (χ3v) is 3.30. The van der Waals surface area contributed by atoms with Crippen molar-refractivity contribution in [3.63, 3.8) is 0 Å². The molecule has 0 saturated heterocycles. The molecule has 3 rings (SSSR count). The highest BCUT2D eigenvalue weighted by atomic mass is 35.5. The number of hydrogen-bond donors (Lipinski definition) is 1. The minimum atomic E-state index is -0.322. The smallest absolute Gasteiger partial charge is 0.148 e. The molecule has 18 heavy (non-hydrogen) atoms. The number of rotatable bonds is 1. The lowest BCUT2D eigenvalue weighted by atomic mass is 10.1. The molecule has 1 aromatic heterocycles. The number of aryl methyl sites for hydroxylation is 1. The molecular weight excluding hydrogens is 249 g/mol. The molecule has 3 aromatic rings. The van der Waals surface area contributed by atoms with Gasteiger partial charge in [-0.25, -0.2) is 4.39 Å². The first-order valence-electron chi connectivity index (χ1n) is 5.69. The van der Waals surface area contributed by atoms with Crippen LogP contribution in [0.2, 0.25) is 5.02 Å². The summed E-state index contributed by atoms with van der Waals surface area (Å²) < 4.78 is 13.8. The SMILES string of the molecule is Cc1ccccc1-c1cc2cc(Cl)cc(F)c2[nH]1. The largest absolute Gasteiger partial charge is 0.352 e. The minimum absolute atomic E-state index is 0.322. The Morgan fingerprint density at radius 1 is 1.11 bits per heavy atom. The van der Waals surface area contributed by atoms with E-state index in [1.165, 1.54) is 6.07 Å². The fourth-order valence-electron chi connectivity index (χ4n) is 2.19. The van der Waals surface area contributed by atoms with E-state index < -0.39 is 0 Å². The number of aromatic amines is 1. The molecule has 1 N–H and O–H groups in total. The van der Waals surface area contributed by atoms with Gasteiger partial charge in [0.15, 0.2) is 0 Å². The zero-order valence-corrected chi connectivity index (χ0v) is 10.6. The van der Waals surface area contributed by atoms with Gasteiger partial charge in [0.05, 0.1) is 5.52 Å². The Bertz CT molecular complexity index is 730. The monoisotopic (exact) mass is 259 g/mol. The second-order valence-corrected chi connectivity index (χ2v) is 4.79. The van der Waals surface area contributed by atoms with Crippen molar-refractivity contribution in [2.45, 2.75) is 6.92 Å². The van der Waals surface area contributed by atoms with Crippen LogP contribution in [-0.2, 0) is 0 Å². The van der Waals surface area contributed by atoms with Crippen molar-refractivity contribution in [3.05, 3.63) is 58.9 Å². The van der Waals surface area contributed by atoms with E-state index in [1.807, 2.05) is 37.3 Å². The van der Waals surface area contributed by atoms with Crippen LogP contribution in [0.25, 0.3) is 22.2 Å². The fourth-order valence-corrected chi connectivity index (χ4v) is 2.40. The molecule has 1 nitrogen and oxygen atoms in total. The molecule has 0 unspecified atom stereocenters. The van der Waals surface area contributed by atoms with Crippen molar-refractivity contribution in [1.29, 1.82) is 0 Å². The number of fused-ring (bicyclic) bond motifs is 1. The van der Waals surface area contributed by atoms with Gasteiger partial charge >= 0.3 is 0 Å². The van der Waals surface area contributed by atoms with Crippen molar-refractivity contribution in [1.82, 2.24) is 4.98 Å². The summed E-state index contributed by atoms with van der Waals surface area (Å²) in [5.41, 5.74) is 3.63. The van der Waals surface area contributed by atoms with Crippen molar-refractivity contribution in [3.8, 4) is 11.3 Å². The number of benzene rings is 2. The summed E-state index contributed by atoms with van der Waals surface area (Å²) in [5.74, 6) is -0.322. The van der Waals surface area contributed by atoms with E-state index in [1.54, 1.807) is 6.07 Å². The van der Waals surface area contributed by atoms with Crippen LogP contribution in [0.1, 0.15) is 5.56 Å². The quantitative estimate of drug-likeness (QED) is 0.637. The summed E-state index contributed by atoms with van der Waals surface area (Å²) >= 11 is 5.86. The molecule has 0 radical (unpaired) electrons. The van der Waals surface area contributed by atoms with Crippen LogP contribution < -0.4 is 0 Å². The number of nitrogens with one attached hydrogen (secondary N) is 1. The Morgan fingerprint density at radius 3 is 2.67 bits per heavy atom. The molecule has 0 aliphatic rings. The Balaban J connectivity index is 2.26. The van der Waals surface area contributed by atoms with Crippen molar-refractivity contribution < 1.29 is 4.39 Å². The second-order valence-electron chi connectivity index (χ2n) is 4.35. The predicted octanol–water partition coefficient (Wildman–Crippen LogP) is 4.94. The van der Waals surface area contributed by atoms with E-state index in [0.717, 1.165) is 22.2 Å². The molecule has 3 heteroatoms. The van der Waals surface area contributed by atoms with E-state index in [-0.39, 0.29) is 5.82 Å². The molecule has 0 bridgehead atoms. The first-order chi connectivity index (χ1) is 8.65. The Kier molecular flexibility index (Phi) is 2.60. The molecular formula is C15H11ClFN. The third-order valence-electron chi connectivity index (χ3n) is 3.08. The maximum absolute atomic E-state index is 13.8. The van der Waals surface area contributed by atoms with Gasteiger partial charge < -0.3 is 4.98 Å². The Morgan fingerprint density at radius 2 is 1.89 bits per heavy atom. The number of aromatic nitrogens is 1. The highest BCUT2D eigenvalue weighted by molar-refractivity contribution is 6.31. The van der Waals surface area contributed by atoms with E-state index in [0.29, 0.717) is 10.5 Å². The van der Waals surface area contributed by atoms with E-state index in [2.05, 4.69) is 4.98 Å². The molecule has 0 atom stereocenters. The zero-order valence-electron chi connectivity index (χ0n) is 9.80. The zero-order chi connectivity index (χ0) is 12.7. The molecule has 0 fully saturated rings. The number of H-pyrrole nitrogens is 1. The molecule has 0 aliphatic heterocycles. The molecule has 90 valence electrons. The van der Waals surface area contributed by atoms with Crippen LogP contribution >= 0.6 is 11.6 Å². The van der Waals surface area contributed by atoms with Crippen LogP contribution in [0.15, 0.2) is 42.5 Å². The van der Waals surface area contributed by atoms with E-state index in [4.69, 9.17) is 11.6 Å². The lowest BCUT2D eigenvalue weighted by Crippen LogP contribution is -1.82. The highest BCUT2D eigenvalue weighted by Gasteiger charge is 2.09. The van der Waals surface area contributed by atoms with Crippen LogP contribution in [0.5, 0.6) is 0 Å². The van der Waals surface area contributed by atoms with Gasteiger partial charge in [0, 0.05) is 21.7 Å². The topological polar surface area (TPSA) is 15.8 Å². The van der Waals surface area contributed by atoms with Crippen LogP contribution in [0.4, 0.5) is 4.39 Å². The van der Waals surface area contributed by atoms with Gasteiger partial charge in [-0.1, -0.05) is 35.9 Å². The second kappa shape index (κ2) is 4.14. The molecule has 0 aliphatic carbocycles. The Labute approximate surface area is 109 Å². The predicted molar refractivity (Wildman–Crippen MR) is 73.4 cm³/mol. The maximum Gasteiger partial charge on any atom is 0.148 e. The van der Waals surface area contributed by atoms with Crippen LogP contribution in [-0.4, -0.2) is 4.98 Å². The van der Waals surface area contributed by atoms with Gasteiger partial charge in [-0.2, -0.15) is 0 Å². The van der Waals surface area contributed by atoms with Gasteiger partial charge in [0.25, 0.3) is 0 Å². The lowest BCUT2D eigenvalue weighted by molar-refractivity contribution is 0.637.